The Kier molecular flexibility index (Phi) is 4.87. The molecule has 2 rings (SSSR count). The zero-order chi connectivity index (χ0) is 15.5. The van der Waals surface area contributed by atoms with Crippen LogP contribution < -0.4 is 4.72 Å². The van der Waals surface area contributed by atoms with Crippen LogP contribution >= 0.6 is 11.6 Å². The molecule has 112 valence electrons. The van der Waals surface area contributed by atoms with Gasteiger partial charge in [-0.25, -0.2) is 21.9 Å². The molecule has 2 aromatic rings. The summed E-state index contributed by atoms with van der Waals surface area (Å²) >= 11 is 5.79. The molecule has 0 unspecified atom stereocenters. The number of nitrogens with one attached hydrogen (secondary N) is 1. The average molecular weight is 333 g/mol. The van der Waals surface area contributed by atoms with Crippen LogP contribution in [0, 0.1) is 11.6 Å². The van der Waals surface area contributed by atoms with Crippen molar-refractivity contribution in [2.75, 3.05) is 6.54 Å². The summed E-state index contributed by atoms with van der Waals surface area (Å²) in [6.45, 7) is -0.0174. The molecule has 8 heteroatoms. The number of pyridine rings is 1. The number of hydrogen-bond acceptors (Lipinski definition) is 3. The zero-order valence-electron chi connectivity index (χ0n) is 10.7. The first-order valence-electron chi connectivity index (χ1n) is 5.92. The van der Waals surface area contributed by atoms with Gasteiger partial charge in [0.05, 0.1) is 5.02 Å². The average Bonchev–Trinajstić information content (AvgIpc) is 2.37. The lowest BCUT2D eigenvalue weighted by molar-refractivity contribution is 0.576. The van der Waals surface area contributed by atoms with Crippen molar-refractivity contribution in [3.05, 3.63) is 58.9 Å². The second-order valence-electron chi connectivity index (χ2n) is 4.23. The van der Waals surface area contributed by atoms with Gasteiger partial charge < -0.3 is 0 Å². The Morgan fingerprint density at radius 3 is 2.48 bits per heavy atom. The van der Waals surface area contributed by atoms with Gasteiger partial charge >= 0.3 is 0 Å². The van der Waals surface area contributed by atoms with E-state index in [1.54, 1.807) is 0 Å². The number of aromatic nitrogens is 1. The van der Waals surface area contributed by atoms with Crippen LogP contribution in [-0.4, -0.2) is 19.9 Å². The Hall–Kier alpha value is -1.57. The second-order valence-corrected chi connectivity index (χ2v) is 6.37. The first-order valence-corrected chi connectivity index (χ1v) is 7.79. The van der Waals surface area contributed by atoms with Gasteiger partial charge in [-0.3, -0.25) is 4.98 Å². The van der Waals surface area contributed by atoms with E-state index in [1.807, 2.05) is 0 Å². The maximum atomic E-state index is 13.0. The first-order chi connectivity index (χ1) is 9.88. The minimum atomic E-state index is -3.81. The highest BCUT2D eigenvalue weighted by Crippen LogP contribution is 2.18. The lowest BCUT2D eigenvalue weighted by Crippen LogP contribution is -2.26. The molecule has 0 aliphatic carbocycles. The van der Waals surface area contributed by atoms with Crippen molar-refractivity contribution in [3.8, 4) is 0 Å². The summed E-state index contributed by atoms with van der Waals surface area (Å²) < 4.78 is 52.3. The molecule has 0 aliphatic heterocycles. The normalized spacial score (nSPS) is 11.6. The Bertz CT molecular complexity index is 733. The molecule has 1 heterocycles. The Balaban J connectivity index is 2.04. The van der Waals surface area contributed by atoms with Crippen LogP contribution in [0.1, 0.15) is 5.56 Å². The zero-order valence-corrected chi connectivity index (χ0v) is 12.3. The fourth-order valence-electron chi connectivity index (χ4n) is 1.72. The van der Waals surface area contributed by atoms with Gasteiger partial charge in [-0.15, -0.1) is 0 Å². The maximum absolute atomic E-state index is 13.0. The van der Waals surface area contributed by atoms with Crippen molar-refractivity contribution in [3.63, 3.8) is 0 Å². The fraction of sp³-hybridized carbons (Fsp3) is 0.154. The third kappa shape index (κ3) is 4.20. The lowest BCUT2D eigenvalue weighted by atomic mass is 10.1. The smallest absolute Gasteiger partial charge is 0.243 e. The molecule has 0 spiro atoms. The van der Waals surface area contributed by atoms with E-state index in [2.05, 4.69) is 9.71 Å². The Morgan fingerprint density at radius 2 is 1.86 bits per heavy atom. The molecular formula is C13H11ClF2N2O2S. The van der Waals surface area contributed by atoms with Crippen LogP contribution in [0.2, 0.25) is 5.02 Å². The molecule has 0 amide bonds. The highest BCUT2D eigenvalue weighted by molar-refractivity contribution is 7.89. The molecule has 0 saturated heterocycles. The molecule has 0 radical (unpaired) electrons. The number of sulfonamides is 1. The van der Waals surface area contributed by atoms with E-state index in [1.165, 1.54) is 12.3 Å². The first kappa shape index (κ1) is 15.8. The van der Waals surface area contributed by atoms with Crippen LogP contribution in [0.3, 0.4) is 0 Å². The molecule has 4 nitrogen and oxygen atoms in total. The van der Waals surface area contributed by atoms with Crippen LogP contribution in [0.5, 0.6) is 0 Å². The molecule has 21 heavy (non-hydrogen) atoms. The number of benzene rings is 1. The summed E-state index contributed by atoms with van der Waals surface area (Å²) in [5.74, 6) is -1.41. The summed E-state index contributed by atoms with van der Waals surface area (Å²) in [6, 6.07) is 4.41. The Morgan fingerprint density at radius 1 is 1.19 bits per heavy atom. The van der Waals surface area contributed by atoms with E-state index in [0.717, 1.165) is 24.4 Å². The van der Waals surface area contributed by atoms with E-state index in [0.29, 0.717) is 5.56 Å². The second kappa shape index (κ2) is 6.46. The SMILES string of the molecule is O=S(=O)(NCCc1cc(F)cc(F)c1)c1cnccc1Cl. The van der Waals surface area contributed by atoms with Crippen molar-refractivity contribution in [2.45, 2.75) is 11.3 Å². The van der Waals surface area contributed by atoms with Gasteiger partial charge in [0.25, 0.3) is 0 Å². The maximum Gasteiger partial charge on any atom is 0.243 e. The highest BCUT2D eigenvalue weighted by atomic mass is 35.5. The molecule has 0 atom stereocenters. The van der Waals surface area contributed by atoms with E-state index in [9.17, 15) is 17.2 Å². The third-order valence-corrected chi connectivity index (χ3v) is 4.58. The highest BCUT2D eigenvalue weighted by Gasteiger charge is 2.17. The predicted molar refractivity (Wildman–Crippen MR) is 74.5 cm³/mol. The van der Waals surface area contributed by atoms with E-state index in [-0.39, 0.29) is 22.9 Å². The summed E-state index contributed by atoms with van der Waals surface area (Å²) in [6.07, 6.45) is 2.65. The van der Waals surface area contributed by atoms with Crippen LogP contribution in [0.4, 0.5) is 8.78 Å². The molecule has 0 fully saturated rings. The number of hydrogen-bond donors (Lipinski definition) is 1. The van der Waals surface area contributed by atoms with Gasteiger partial charge in [0, 0.05) is 25.0 Å². The molecule has 1 N–H and O–H groups in total. The van der Waals surface area contributed by atoms with Gasteiger partial charge in [0.15, 0.2) is 0 Å². The molecular weight excluding hydrogens is 322 g/mol. The fourth-order valence-corrected chi connectivity index (χ4v) is 3.18. The molecule has 0 aliphatic rings. The topological polar surface area (TPSA) is 59.1 Å². The van der Waals surface area contributed by atoms with Gasteiger partial charge in [-0.2, -0.15) is 0 Å². The summed E-state index contributed by atoms with van der Waals surface area (Å²) in [7, 11) is -3.81. The van der Waals surface area contributed by atoms with Gasteiger partial charge in [-0.05, 0) is 30.2 Å². The van der Waals surface area contributed by atoms with E-state index in [4.69, 9.17) is 11.6 Å². The van der Waals surface area contributed by atoms with Gasteiger partial charge in [0.2, 0.25) is 10.0 Å². The van der Waals surface area contributed by atoms with Crippen LogP contribution in [0.25, 0.3) is 0 Å². The van der Waals surface area contributed by atoms with Gasteiger partial charge in [-0.1, -0.05) is 11.6 Å². The minimum absolute atomic E-state index is 0.0174. The summed E-state index contributed by atoms with van der Waals surface area (Å²) in [5.41, 5.74) is 0.354. The van der Waals surface area contributed by atoms with Crippen LogP contribution in [0.15, 0.2) is 41.6 Å². The largest absolute Gasteiger partial charge is 0.263 e. The van der Waals surface area contributed by atoms with Crippen molar-refractivity contribution in [2.24, 2.45) is 0 Å². The third-order valence-electron chi connectivity index (χ3n) is 2.65. The van der Waals surface area contributed by atoms with E-state index >= 15 is 0 Å². The van der Waals surface area contributed by atoms with E-state index < -0.39 is 21.7 Å². The number of rotatable bonds is 5. The Labute approximate surface area is 125 Å². The molecule has 1 aromatic carbocycles. The number of nitrogens with zero attached hydrogens (tertiary/aromatic N) is 1. The van der Waals surface area contributed by atoms with Crippen molar-refractivity contribution >= 4 is 21.6 Å². The predicted octanol–water partition coefficient (Wildman–Crippen LogP) is 2.53. The van der Waals surface area contributed by atoms with Gasteiger partial charge in [0.1, 0.15) is 16.5 Å². The monoisotopic (exact) mass is 332 g/mol. The van der Waals surface area contributed by atoms with Crippen molar-refractivity contribution in [1.82, 2.24) is 9.71 Å². The van der Waals surface area contributed by atoms with Crippen LogP contribution in [-0.2, 0) is 16.4 Å². The summed E-state index contributed by atoms with van der Waals surface area (Å²) in [4.78, 5) is 3.56. The quantitative estimate of drug-likeness (QED) is 0.915. The molecule has 0 bridgehead atoms. The summed E-state index contributed by atoms with van der Waals surface area (Å²) in [5, 5.41) is 0.0503. The standard InChI is InChI=1S/C13H11ClF2N2O2S/c14-12-2-3-17-8-13(12)21(19,20)18-4-1-9-5-10(15)7-11(16)6-9/h2-3,5-8,18H,1,4H2. The van der Waals surface area contributed by atoms with Crippen molar-refractivity contribution < 1.29 is 17.2 Å². The molecule has 0 saturated carbocycles. The minimum Gasteiger partial charge on any atom is -0.263 e. The van der Waals surface area contributed by atoms with Crippen molar-refractivity contribution in [1.29, 1.82) is 0 Å². The lowest BCUT2D eigenvalue weighted by Gasteiger charge is -2.08. The number of halogens is 3. The molecule has 1 aromatic heterocycles.